The van der Waals surface area contributed by atoms with Crippen LogP contribution in [0.25, 0.3) is 0 Å². The van der Waals surface area contributed by atoms with Crippen molar-refractivity contribution in [3.05, 3.63) is 56.7 Å². The van der Waals surface area contributed by atoms with E-state index in [-0.39, 0.29) is 0 Å². The van der Waals surface area contributed by atoms with Crippen molar-refractivity contribution in [2.45, 2.75) is 0 Å². The van der Waals surface area contributed by atoms with E-state index in [0.717, 1.165) is 16.0 Å². The van der Waals surface area contributed by atoms with Crippen LogP contribution in [0.3, 0.4) is 0 Å². The maximum atomic E-state index is 11.4. The summed E-state index contributed by atoms with van der Waals surface area (Å²) in [6.07, 6.45) is 0. The van der Waals surface area contributed by atoms with E-state index in [4.69, 9.17) is 29.6 Å². The Labute approximate surface area is 122 Å². The van der Waals surface area contributed by atoms with Crippen LogP contribution in [0.5, 0.6) is 0 Å². The highest BCUT2D eigenvalue weighted by atomic mass is 35.5. The van der Waals surface area contributed by atoms with Crippen molar-refractivity contribution < 1.29 is 4.21 Å². The number of benzene rings is 1. The predicted molar refractivity (Wildman–Crippen MR) is 83.0 cm³/mol. The summed E-state index contributed by atoms with van der Waals surface area (Å²) in [5, 5.41) is 2.50. The van der Waals surface area contributed by atoms with Crippen molar-refractivity contribution in [3.8, 4) is 0 Å². The molecule has 2 nitrogen and oxygen atoms in total. The largest absolute Gasteiger partial charge is 0.389 e. The molecule has 0 amide bonds. The van der Waals surface area contributed by atoms with Gasteiger partial charge in [-0.05, 0) is 29.1 Å². The lowest BCUT2D eigenvalue weighted by Gasteiger charge is -2.04. The molecule has 1 heterocycles. The summed E-state index contributed by atoms with van der Waals surface area (Å²) in [7, 11) is 0. The zero-order valence-corrected chi connectivity index (χ0v) is 12.3. The van der Waals surface area contributed by atoms with Crippen LogP contribution in [0.2, 0.25) is 5.02 Å². The Kier molecular flexibility index (Phi) is 4.29. The second kappa shape index (κ2) is 5.75. The van der Waals surface area contributed by atoms with Crippen molar-refractivity contribution in [2.24, 2.45) is 5.73 Å². The third kappa shape index (κ3) is 2.70. The fraction of sp³-hybridized carbons (Fsp3) is 0. The number of rotatable bonds is 3. The highest BCUT2D eigenvalue weighted by Crippen LogP contribution is 2.21. The van der Waals surface area contributed by atoms with Crippen LogP contribution in [0.15, 0.2) is 35.7 Å². The smallest absolute Gasteiger partial charge is 0.114 e. The number of hydrogen-bond acceptors (Lipinski definition) is 3. The van der Waals surface area contributed by atoms with Crippen LogP contribution < -0.4 is 5.73 Å². The van der Waals surface area contributed by atoms with E-state index in [9.17, 15) is 4.21 Å². The number of nitrogens with two attached hydrogens (primary N) is 1. The Balaban J connectivity index is 2.53. The highest BCUT2D eigenvalue weighted by molar-refractivity contribution is 7.81. The molecule has 18 heavy (non-hydrogen) atoms. The number of thiocarbonyl (C=S) groups is 1. The average Bonchev–Trinajstić information content (AvgIpc) is 2.82. The van der Waals surface area contributed by atoms with E-state index in [0.29, 0.717) is 26.1 Å². The highest BCUT2D eigenvalue weighted by Gasteiger charge is 2.14. The van der Waals surface area contributed by atoms with Crippen molar-refractivity contribution in [1.82, 2.24) is 0 Å². The molecule has 0 fully saturated rings. The van der Waals surface area contributed by atoms with Crippen LogP contribution in [0, 0.1) is 0 Å². The van der Waals surface area contributed by atoms with E-state index in [1.54, 1.807) is 12.1 Å². The molecule has 0 saturated heterocycles. The second-order valence-corrected chi connectivity index (χ2v) is 5.81. The molecule has 0 unspecified atom stereocenters. The van der Waals surface area contributed by atoms with Crippen LogP contribution in [-0.4, -0.2) is 14.1 Å². The maximum absolute atomic E-state index is 11.4. The van der Waals surface area contributed by atoms with Gasteiger partial charge < -0.3 is 5.73 Å². The average molecular weight is 314 g/mol. The number of halogens is 1. The molecule has 0 spiro atoms. The first-order valence-corrected chi connectivity index (χ1v) is 7.34. The fourth-order valence-corrected chi connectivity index (χ4v) is 3.22. The first kappa shape index (κ1) is 13.4. The van der Waals surface area contributed by atoms with Gasteiger partial charge in [0.25, 0.3) is 0 Å². The summed E-state index contributed by atoms with van der Waals surface area (Å²) in [5.74, 6) is 0. The predicted octanol–water partition coefficient (Wildman–Crippen LogP) is 2.82. The third-order valence-electron chi connectivity index (χ3n) is 2.32. The summed E-state index contributed by atoms with van der Waals surface area (Å²) in [6, 6.07) is 8.97. The van der Waals surface area contributed by atoms with Gasteiger partial charge in [0.05, 0.1) is 21.0 Å². The van der Waals surface area contributed by atoms with Crippen molar-refractivity contribution in [2.75, 3.05) is 0 Å². The van der Waals surface area contributed by atoms with Gasteiger partial charge in [-0.2, -0.15) is 0 Å². The molecule has 0 bridgehead atoms. The van der Waals surface area contributed by atoms with Crippen LogP contribution in [0.1, 0.15) is 16.0 Å². The lowest BCUT2D eigenvalue weighted by Crippen LogP contribution is -2.13. The molecule has 0 radical (unpaired) electrons. The first-order chi connectivity index (χ1) is 8.63. The van der Waals surface area contributed by atoms with E-state index >= 15 is 0 Å². The van der Waals surface area contributed by atoms with Gasteiger partial charge in [0.1, 0.15) is 4.99 Å². The van der Waals surface area contributed by atoms with E-state index in [2.05, 4.69) is 0 Å². The molecule has 0 atom stereocenters. The molecule has 0 aliphatic rings. The minimum absolute atomic E-state index is 0.306. The number of hydrogen-bond donors (Lipinski definition) is 1. The van der Waals surface area contributed by atoms with E-state index in [1.165, 1.54) is 11.3 Å². The molecule has 1 aromatic carbocycles. The molecule has 1 aromatic heterocycles. The molecule has 2 rings (SSSR count). The zero-order chi connectivity index (χ0) is 13.1. The van der Waals surface area contributed by atoms with Crippen LogP contribution in [0.4, 0.5) is 0 Å². The molecule has 2 aromatic rings. The Hall–Kier alpha value is -1.01. The van der Waals surface area contributed by atoms with E-state index < -0.39 is 0 Å². The molecular formula is C12H8ClNOS3. The quantitative estimate of drug-likeness (QED) is 0.700. The Morgan fingerprint density at radius 1 is 1.28 bits per heavy atom. The van der Waals surface area contributed by atoms with Crippen molar-refractivity contribution >= 4 is 56.3 Å². The molecule has 6 heteroatoms. The molecule has 92 valence electrons. The van der Waals surface area contributed by atoms with Crippen LogP contribution >= 0.6 is 35.2 Å². The van der Waals surface area contributed by atoms with Gasteiger partial charge in [-0.15, -0.1) is 11.3 Å². The fourth-order valence-electron chi connectivity index (χ4n) is 1.53. The normalized spacial score (nSPS) is 10.1. The van der Waals surface area contributed by atoms with Crippen molar-refractivity contribution in [1.29, 1.82) is 0 Å². The number of thiophene rings is 1. The zero-order valence-electron chi connectivity index (χ0n) is 9.05. The summed E-state index contributed by atoms with van der Waals surface area (Å²) >= 11 is 12.7. The minimum atomic E-state index is 0.306. The van der Waals surface area contributed by atoms with Crippen LogP contribution in [-0.2, 0) is 11.3 Å². The van der Waals surface area contributed by atoms with Gasteiger partial charge in [-0.1, -0.05) is 36.0 Å². The Morgan fingerprint density at radius 3 is 2.50 bits per heavy atom. The van der Waals surface area contributed by atoms with E-state index in [1.807, 2.05) is 23.6 Å². The second-order valence-electron chi connectivity index (χ2n) is 3.45. The monoisotopic (exact) mass is 313 g/mol. The SMILES string of the molecule is NC(=S)c1sccc1C(=S=O)c1ccc(Cl)cc1. The summed E-state index contributed by atoms with van der Waals surface area (Å²) in [6.45, 7) is 0. The summed E-state index contributed by atoms with van der Waals surface area (Å²) in [5.41, 5.74) is 7.25. The molecule has 0 aliphatic heterocycles. The van der Waals surface area contributed by atoms with Gasteiger partial charge in [-0.3, -0.25) is 0 Å². The minimum Gasteiger partial charge on any atom is -0.389 e. The summed E-state index contributed by atoms with van der Waals surface area (Å²) < 4.78 is 11.4. The molecule has 0 aliphatic carbocycles. The van der Waals surface area contributed by atoms with Gasteiger partial charge >= 0.3 is 0 Å². The Morgan fingerprint density at radius 2 is 1.94 bits per heavy atom. The topological polar surface area (TPSA) is 43.1 Å². The molecular weight excluding hydrogens is 306 g/mol. The van der Waals surface area contributed by atoms with Gasteiger partial charge in [-0.25, -0.2) is 4.21 Å². The first-order valence-electron chi connectivity index (χ1n) is 4.94. The third-order valence-corrected chi connectivity index (χ3v) is 4.48. The standard InChI is InChI=1S/C12H8ClNOS3/c13-8-3-1-7(2-4-8)10(18-15)9-5-6-17-11(9)12(14)16/h1-6H,(H2,14,16). The van der Waals surface area contributed by atoms with Crippen molar-refractivity contribution in [3.63, 3.8) is 0 Å². The maximum Gasteiger partial charge on any atom is 0.114 e. The van der Waals surface area contributed by atoms with Gasteiger partial charge in [0.2, 0.25) is 0 Å². The lowest BCUT2D eigenvalue weighted by atomic mass is 10.1. The molecule has 0 saturated carbocycles. The molecule has 2 N–H and O–H groups in total. The summed E-state index contributed by atoms with van der Waals surface area (Å²) in [4.78, 5) is 1.68. The lowest BCUT2D eigenvalue weighted by molar-refractivity contribution is 0.701. The Bertz CT molecular complexity index is 642. The van der Waals surface area contributed by atoms with Gasteiger partial charge in [0.15, 0.2) is 0 Å². The van der Waals surface area contributed by atoms with Gasteiger partial charge in [0, 0.05) is 10.6 Å².